The van der Waals surface area contributed by atoms with E-state index in [-0.39, 0.29) is 29.8 Å². The van der Waals surface area contributed by atoms with Crippen LogP contribution < -0.4 is 10.6 Å². The average Bonchev–Trinajstić information content (AvgIpc) is 3.14. The Hall–Kier alpha value is -0.370. The predicted octanol–water partition coefficient (Wildman–Crippen LogP) is 3.42. The lowest BCUT2D eigenvalue weighted by Crippen LogP contribution is -2.38. The highest BCUT2D eigenvalue weighted by atomic mass is 127. The summed E-state index contributed by atoms with van der Waals surface area (Å²) in [6.45, 7) is 3.31. The van der Waals surface area contributed by atoms with Gasteiger partial charge in [0, 0.05) is 17.1 Å². The molecule has 3 nitrogen and oxygen atoms in total. The first-order valence-corrected chi connectivity index (χ1v) is 6.97. The van der Waals surface area contributed by atoms with E-state index in [0.29, 0.717) is 12.6 Å². The molecule has 1 saturated carbocycles. The molecular weight excluding hydrogens is 424 g/mol. The molecule has 0 unspecified atom stereocenters. The van der Waals surface area contributed by atoms with Crippen LogP contribution in [0.2, 0.25) is 0 Å². The maximum absolute atomic E-state index is 13.1. The Labute approximate surface area is 138 Å². The van der Waals surface area contributed by atoms with Gasteiger partial charge >= 0.3 is 0 Å². The van der Waals surface area contributed by atoms with Crippen molar-refractivity contribution in [1.82, 2.24) is 10.6 Å². The van der Waals surface area contributed by atoms with Gasteiger partial charge in [0.25, 0.3) is 0 Å². The molecule has 106 valence electrons. The first kappa shape index (κ1) is 16.7. The Kier molecular flexibility index (Phi) is 7.06. The molecule has 0 saturated heterocycles. The van der Waals surface area contributed by atoms with Crippen molar-refractivity contribution in [2.45, 2.75) is 32.4 Å². The van der Waals surface area contributed by atoms with Gasteiger partial charge in [0.1, 0.15) is 5.82 Å². The molecule has 0 amide bonds. The molecule has 0 spiro atoms. The van der Waals surface area contributed by atoms with Crippen molar-refractivity contribution >= 4 is 45.9 Å². The predicted molar refractivity (Wildman–Crippen MR) is 90.5 cm³/mol. The molecule has 2 rings (SSSR count). The van der Waals surface area contributed by atoms with Crippen molar-refractivity contribution in [3.63, 3.8) is 0 Å². The number of rotatable bonds is 4. The standard InChI is InChI=1S/C13H17BrFN3.HI/c1-2-16-13(18-11-4-5-11)17-8-9-7-10(15)3-6-12(9)14;/h3,6-7,11H,2,4-5,8H2,1H3,(H2,16,17,18);1H. The molecule has 1 fully saturated rings. The molecule has 0 atom stereocenters. The van der Waals surface area contributed by atoms with Gasteiger partial charge in [0.2, 0.25) is 0 Å². The lowest BCUT2D eigenvalue weighted by molar-refractivity contribution is 0.625. The van der Waals surface area contributed by atoms with Gasteiger partial charge in [-0.2, -0.15) is 0 Å². The van der Waals surface area contributed by atoms with E-state index in [1.807, 2.05) is 6.92 Å². The zero-order chi connectivity index (χ0) is 13.0. The first-order valence-electron chi connectivity index (χ1n) is 6.18. The Morgan fingerprint density at radius 3 is 2.84 bits per heavy atom. The highest BCUT2D eigenvalue weighted by Crippen LogP contribution is 2.20. The van der Waals surface area contributed by atoms with Gasteiger partial charge in [-0.3, -0.25) is 0 Å². The van der Waals surface area contributed by atoms with Gasteiger partial charge < -0.3 is 10.6 Å². The number of benzene rings is 1. The maximum atomic E-state index is 13.1. The number of hydrogen-bond donors (Lipinski definition) is 2. The fourth-order valence-corrected chi connectivity index (χ4v) is 1.94. The maximum Gasteiger partial charge on any atom is 0.191 e. The van der Waals surface area contributed by atoms with E-state index in [4.69, 9.17) is 0 Å². The van der Waals surface area contributed by atoms with Crippen LogP contribution in [0.25, 0.3) is 0 Å². The summed E-state index contributed by atoms with van der Waals surface area (Å²) in [5, 5.41) is 6.51. The van der Waals surface area contributed by atoms with Crippen molar-refractivity contribution in [2.24, 2.45) is 4.99 Å². The third-order valence-electron chi connectivity index (χ3n) is 2.68. The van der Waals surface area contributed by atoms with Gasteiger partial charge in [0.15, 0.2) is 5.96 Å². The molecule has 2 N–H and O–H groups in total. The molecule has 1 aromatic carbocycles. The van der Waals surface area contributed by atoms with E-state index < -0.39 is 0 Å². The lowest BCUT2D eigenvalue weighted by Gasteiger charge is -2.10. The van der Waals surface area contributed by atoms with Crippen molar-refractivity contribution in [1.29, 1.82) is 0 Å². The third kappa shape index (κ3) is 5.64. The highest BCUT2D eigenvalue weighted by molar-refractivity contribution is 14.0. The van der Waals surface area contributed by atoms with Gasteiger partial charge in [-0.25, -0.2) is 9.38 Å². The average molecular weight is 442 g/mol. The Morgan fingerprint density at radius 2 is 2.21 bits per heavy atom. The minimum Gasteiger partial charge on any atom is -0.357 e. The molecule has 1 aliphatic rings. The number of aliphatic imine (C=N–C) groups is 1. The minimum atomic E-state index is -0.233. The van der Waals surface area contributed by atoms with Crippen molar-refractivity contribution in [3.8, 4) is 0 Å². The summed E-state index contributed by atoms with van der Waals surface area (Å²) < 4.78 is 14.0. The van der Waals surface area contributed by atoms with Gasteiger partial charge in [-0.15, -0.1) is 24.0 Å². The van der Waals surface area contributed by atoms with Crippen LogP contribution in [0.5, 0.6) is 0 Å². The van der Waals surface area contributed by atoms with Crippen LogP contribution in [-0.4, -0.2) is 18.5 Å². The Bertz CT molecular complexity index is 450. The summed E-state index contributed by atoms with van der Waals surface area (Å²) in [5.41, 5.74) is 0.850. The van der Waals surface area contributed by atoms with Crippen LogP contribution in [0.4, 0.5) is 4.39 Å². The molecule has 0 aliphatic heterocycles. The van der Waals surface area contributed by atoms with Crippen molar-refractivity contribution < 1.29 is 4.39 Å². The molecule has 0 aromatic heterocycles. The molecule has 19 heavy (non-hydrogen) atoms. The van der Waals surface area contributed by atoms with E-state index in [1.54, 1.807) is 6.07 Å². The number of guanidine groups is 1. The smallest absolute Gasteiger partial charge is 0.191 e. The molecular formula is C13H18BrFIN3. The lowest BCUT2D eigenvalue weighted by atomic mass is 10.2. The molecule has 1 aliphatic carbocycles. The van der Waals surface area contributed by atoms with Crippen LogP contribution >= 0.6 is 39.9 Å². The van der Waals surface area contributed by atoms with E-state index in [0.717, 1.165) is 22.5 Å². The Morgan fingerprint density at radius 1 is 1.47 bits per heavy atom. The zero-order valence-corrected chi connectivity index (χ0v) is 14.7. The molecule has 6 heteroatoms. The summed E-state index contributed by atoms with van der Waals surface area (Å²) in [7, 11) is 0. The zero-order valence-electron chi connectivity index (χ0n) is 10.7. The van der Waals surface area contributed by atoms with E-state index in [1.165, 1.54) is 25.0 Å². The molecule has 0 heterocycles. The monoisotopic (exact) mass is 441 g/mol. The van der Waals surface area contributed by atoms with Gasteiger partial charge in [-0.05, 0) is 43.5 Å². The quantitative estimate of drug-likeness (QED) is 0.426. The number of nitrogens with zero attached hydrogens (tertiary/aromatic N) is 1. The summed E-state index contributed by atoms with van der Waals surface area (Å²) in [6, 6.07) is 5.21. The summed E-state index contributed by atoms with van der Waals surface area (Å²) >= 11 is 3.41. The van der Waals surface area contributed by atoms with Gasteiger partial charge in [0.05, 0.1) is 6.54 Å². The second-order valence-electron chi connectivity index (χ2n) is 4.35. The Balaban J connectivity index is 0.00000180. The van der Waals surface area contributed by atoms with E-state index in [2.05, 4.69) is 31.6 Å². The van der Waals surface area contributed by atoms with E-state index in [9.17, 15) is 4.39 Å². The minimum absolute atomic E-state index is 0. The van der Waals surface area contributed by atoms with Crippen LogP contribution in [0, 0.1) is 5.82 Å². The van der Waals surface area contributed by atoms with Crippen LogP contribution in [0.15, 0.2) is 27.7 Å². The molecule has 1 aromatic rings. The number of nitrogens with one attached hydrogen (secondary N) is 2. The van der Waals surface area contributed by atoms with Crippen molar-refractivity contribution in [2.75, 3.05) is 6.54 Å². The molecule has 0 bridgehead atoms. The van der Waals surface area contributed by atoms with Gasteiger partial charge in [-0.1, -0.05) is 15.9 Å². The van der Waals surface area contributed by atoms with E-state index >= 15 is 0 Å². The third-order valence-corrected chi connectivity index (χ3v) is 3.45. The van der Waals surface area contributed by atoms with Crippen LogP contribution in [0.1, 0.15) is 25.3 Å². The van der Waals surface area contributed by atoms with Crippen LogP contribution in [-0.2, 0) is 6.54 Å². The first-order chi connectivity index (χ1) is 8.69. The second kappa shape index (κ2) is 8.04. The van der Waals surface area contributed by atoms with Crippen molar-refractivity contribution in [3.05, 3.63) is 34.1 Å². The highest BCUT2D eigenvalue weighted by Gasteiger charge is 2.22. The molecule has 0 radical (unpaired) electrons. The topological polar surface area (TPSA) is 36.4 Å². The fourth-order valence-electron chi connectivity index (χ4n) is 1.57. The largest absolute Gasteiger partial charge is 0.357 e. The second-order valence-corrected chi connectivity index (χ2v) is 5.20. The van der Waals surface area contributed by atoms with Crippen LogP contribution in [0.3, 0.4) is 0 Å². The normalized spacial score (nSPS) is 14.8. The SMILES string of the molecule is CCNC(=NCc1cc(F)ccc1Br)NC1CC1.I. The fraction of sp³-hybridized carbons (Fsp3) is 0.462. The summed E-state index contributed by atoms with van der Waals surface area (Å²) in [5.74, 6) is 0.569. The number of hydrogen-bond acceptors (Lipinski definition) is 1. The summed E-state index contributed by atoms with van der Waals surface area (Å²) in [6.07, 6.45) is 2.40. The number of halogens is 3. The summed E-state index contributed by atoms with van der Waals surface area (Å²) in [4.78, 5) is 4.46.